The average Bonchev–Trinajstić information content (AvgIpc) is 3.03. The highest BCUT2D eigenvalue weighted by Crippen LogP contribution is 2.18. The van der Waals surface area contributed by atoms with Gasteiger partial charge in [-0.15, -0.1) is 0 Å². The molecule has 0 radical (unpaired) electrons. The molecule has 0 aliphatic carbocycles. The molecular formula is C19H21N3O2. The zero-order valence-corrected chi connectivity index (χ0v) is 13.9. The Morgan fingerprint density at radius 1 is 1.21 bits per heavy atom. The Bertz CT molecular complexity index is 837. The van der Waals surface area contributed by atoms with Gasteiger partial charge < -0.3 is 10.0 Å². The van der Waals surface area contributed by atoms with Crippen molar-refractivity contribution in [3.63, 3.8) is 0 Å². The molecule has 0 aliphatic heterocycles. The largest absolute Gasteiger partial charge is 0.393 e. The molecule has 1 aromatic heterocycles. The van der Waals surface area contributed by atoms with Crippen LogP contribution in [0.2, 0.25) is 0 Å². The van der Waals surface area contributed by atoms with Crippen LogP contribution in [0.4, 0.5) is 0 Å². The number of imidazole rings is 1. The lowest BCUT2D eigenvalue weighted by Gasteiger charge is -2.18. The molecule has 0 spiro atoms. The first-order chi connectivity index (χ1) is 11.6. The maximum Gasteiger partial charge on any atom is 0.253 e. The van der Waals surface area contributed by atoms with Gasteiger partial charge in [0, 0.05) is 24.8 Å². The maximum atomic E-state index is 12.4. The minimum absolute atomic E-state index is 0.0438. The van der Waals surface area contributed by atoms with Gasteiger partial charge in [-0.25, -0.2) is 4.98 Å². The molecule has 1 amide bonds. The van der Waals surface area contributed by atoms with Gasteiger partial charge in [-0.2, -0.15) is 0 Å². The Kier molecular flexibility index (Phi) is 4.62. The molecule has 1 N–H and O–H groups in total. The van der Waals surface area contributed by atoms with Gasteiger partial charge in [0.25, 0.3) is 5.91 Å². The smallest absolute Gasteiger partial charge is 0.253 e. The number of nitrogens with zero attached hydrogens (tertiary/aromatic N) is 3. The van der Waals surface area contributed by atoms with Crippen molar-refractivity contribution in [2.45, 2.75) is 19.4 Å². The standard InChI is InChI=1S/C19H21N3O2/c1-14(23)11-12-21(2)19(24)15-7-9-16(10-8-15)22-13-20-17-5-3-4-6-18(17)22/h3-10,13-14,23H,11-12H2,1-2H3. The number of benzene rings is 2. The van der Waals surface area contributed by atoms with Gasteiger partial charge in [-0.3, -0.25) is 9.36 Å². The molecule has 2 aromatic carbocycles. The Hall–Kier alpha value is -2.66. The van der Waals surface area contributed by atoms with Crippen LogP contribution in [-0.2, 0) is 0 Å². The molecule has 1 atom stereocenters. The normalized spacial score (nSPS) is 12.3. The summed E-state index contributed by atoms with van der Waals surface area (Å²) in [6.07, 6.45) is 1.95. The summed E-state index contributed by atoms with van der Waals surface area (Å²) >= 11 is 0. The van der Waals surface area contributed by atoms with Crippen LogP contribution in [0.5, 0.6) is 0 Å². The number of aliphatic hydroxyl groups is 1. The van der Waals surface area contributed by atoms with E-state index in [-0.39, 0.29) is 5.91 Å². The van der Waals surface area contributed by atoms with Crippen LogP contribution >= 0.6 is 0 Å². The van der Waals surface area contributed by atoms with E-state index in [1.807, 2.05) is 53.1 Å². The number of fused-ring (bicyclic) bond motifs is 1. The van der Waals surface area contributed by atoms with Crippen LogP contribution in [0.1, 0.15) is 23.7 Å². The maximum absolute atomic E-state index is 12.4. The van der Waals surface area contributed by atoms with Crippen molar-refractivity contribution >= 4 is 16.9 Å². The van der Waals surface area contributed by atoms with E-state index in [0.717, 1.165) is 16.7 Å². The van der Waals surface area contributed by atoms with Gasteiger partial charge in [-0.1, -0.05) is 12.1 Å². The summed E-state index contributed by atoms with van der Waals surface area (Å²) in [4.78, 5) is 18.4. The summed E-state index contributed by atoms with van der Waals surface area (Å²) in [6, 6.07) is 15.4. The molecule has 0 fully saturated rings. The second kappa shape index (κ2) is 6.84. The Morgan fingerprint density at radius 2 is 1.92 bits per heavy atom. The van der Waals surface area contributed by atoms with Crippen LogP contribution in [-0.4, -0.2) is 45.2 Å². The van der Waals surface area contributed by atoms with Crippen molar-refractivity contribution < 1.29 is 9.90 Å². The number of para-hydroxylation sites is 2. The minimum Gasteiger partial charge on any atom is -0.393 e. The highest BCUT2D eigenvalue weighted by Gasteiger charge is 2.12. The summed E-state index contributed by atoms with van der Waals surface area (Å²) in [5.41, 5.74) is 3.57. The van der Waals surface area contributed by atoms with Crippen molar-refractivity contribution in [2.24, 2.45) is 0 Å². The Morgan fingerprint density at radius 3 is 2.62 bits per heavy atom. The zero-order chi connectivity index (χ0) is 17.1. The van der Waals surface area contributed by atoms with E-state index in [1.165, 1.54) is 0 Å². The minimum atomic E-state index is -0.405. The van der Waals surface area contributed by atoms with Gasteiger partial charge in [0.2, 0.25) is 0 Å². The molecule has 3 aromatic rings. The highest BCUT2D eigenvalue weighted by molar-refractivity contribution is 5.94. The van der Waals surface area contributed by atoms with Gasteiger partial charge in [0.1, 0.15) is 6.33 Å². The van der Waals surface area contributed by atoms with Crippen molar-refractivity contribution in [1.29, 1.82) is 0 Å². The Balaban J connectivity index is 1.79. The van der Waals surface area contributed by atoms with Crippen LogP contribution in [0, 0.1) is 0 Å². The third-order valence-corrected chi connectivity index (χ3v) is 4.07. The predicted octanol–water partition coefficient (Wildman–Crippen LogP) is 2.87. The fourth-order valence-electron chi connectivity index (χ4n) is 2.63. The molecule has 5 nitrogen and oxygen atoms in total. The molecule has 5 heteroatoms. The summed E-state index contributed by atoms with van der Waals surface area (Å²) in [7, 11) is 1.75. The Labute approximate surface area is 141 Å². The number of rotatable bonds is 5. The fraction of sp³-hybridized carbons (Fsp3) is 0.263. The number of aromatic nitrogens is 2. The van der Waals surface area contributed by atoms with Crippen LogP contribution in [0.15, 0.2) is 54.9 Å². The summed E-state index contributed by atoms with van der Waals surface area (Å²) in [5, 5.41) is 9.34. The first kappa shape index (κ1) is 16.2. The number of aliphatic hydroxyl groups excluding tert-OH is 1. The first-order valence-corrected chi connectivity index (χ1v) is 8.02. The molecular weight excluding hydrogens is 302 g/mol. The SMILES string of the molecule is CC(O)CCN(C)C(=O)c1ccc(-n2cnc3ccccc32)cc1. The number of hydrogen-bond acceptors (Lipinski definition) is 3. The molecule has 124 valence electrons. The van der Waals surface area contributed by atoms with Gasteiger partial charge in [0.05, 0.1) is 17.1 Å². The lowest BCUT2D eigenvalue weighted by Crippen LogP contribution is -2.29. The molecule has 0 saturated heterocycles. The second-order valence-corrected chi connectivity index (χ2v) is 6.01. The van der Waals surface area contributed by atoms with E-state index in [4.69, 9.17) is 0 Å². The topological polar surface area (TPSA) is 58.4 Å². The number of hydrogen-bond donors (Lipinski definition) is 1. The van der Waals surface area contributed by atoms with Crippen LogP contribution in [0.25, 0.3) is 16.7 Å². The molecule has 1 heterocycles. The van der Waals surface area contributed by atoms with E-state index >= 15 is 0 Å². The fourth-order valence-corrected chi connectivity index (χ4v) is 2.63. The van der Waals surface area contributed by atoms with E-state index in [0.29, 0.717) is 18.5 Å². The third-order valence-electron chi connectivity index (χ3n) is 4.07. The molecule has 24 heavy (non-hydrogen) atoms. The van der Waals surface area contributed by atoms with Gasteiger partial charge in [0.15, 0.2) is 0 Å². The van der Waals surface area contributed by atoms with Gasteiger partial charge >= 0.3 is 0 Å². The van der Waals surface area contributed by atoms with Crippen molar-refractivity contribution in [2.75, 3.05) is 13.6 Å². The lowest BCUT2D eigenvalue weighted by atomic mass is 10.1. The van der Waals surface area contributed by atoms with Crippen LogP contribution < -0.4 is 0 Å². The molecule has 0 bridgehead atoms. The first-order valence-electron chi connectivity index (χ1n) is 8.02. The zero-order valence-electron chi connectivity index (χ0n) is 13.9. The van der Waals surface area contributed by atoms with Crippen molar-refractivity contribution in [3.05, 3.63) is 60.4 Å². The van der Waals surface area contributed by atoms with Gasteiger partial charge in [-0.05, 0) is 49.7 Å². The molecule has 3 rings (SSSR count). The van der Waals surface area contributed by atoms with Crippen LogP contribution in [0.3, 0.4) is 0 Å². The molecule has 1 unspecified atom stereocenters. The predicted molar refractivity (Wildman–Crippen MR) is 94.3 cm³/mol. The van der Waals surface area contributed by atoms with E-state index in [2.05, 4.69) is 4.98 Å². The van der Waals surface area contributed by atoms with Crippen molar-refractivity contribution in [3.8, 4) is 5.69 Å². The van der Waals surface area contributed by atoms with Crippen molar-refractivity contribution in [1.82, 2.24) is 14.5 Å². The second-order valence-electron chi connectivity index (χ2n) is 6.01. The quantitative estimate of drug-likeness (QED) is 0.785. The summed E-state index contributed by atoms with van der Waals surface area (Å²) in [5.74, 6) is -0.0438. The highest BCUT2D eigenvalue weighted by atomic mass is 16.3. The number of carbonyl (C=O) groups excluding carboxylic acids is 1. The number of amides is 1. The molecule has 0 saturated carbocycles. The monoisotopic (exact) mass is 323 g/mol. The average molecular weight is 323 g/mol. The molecule has 0 aliphatic rings. The third kappa shape index (κ3) is 3.31. The van der Waals surface area contributed by atoms with E-state index in [9.17, 15) is 9.90 Å². The number of carbonyl (C=O) groups is 1. The van der Waals surface area contributed by atoms with E-state index in [1.54, 1.807) is 25.2 Å². The summed E-state index contributed by atoms with van der Waals surface area (Å²) < 4.78 is 2.00. The summed E-state index contributed by atoms with van der Waals surface area (Å²) in [6.45, 7) is 2.26. The van der Waals surface area contributed by atoms with E-state index < -0.39 is 6.10 Å². The lowest BCUT2D eigenvalue weighted by molar-refractivity contribution is 0.0769.